The number of nitrogens with zero attached hydrogens (tertiary/aromatic N) is 2. The van der Waals surface area contributed by atoms with Crippen molar-refractivity contribution in [2.45, 2.75) is 6.04 Å². The number of carbonyl (C=O) groups is 1. The van der Waals surface area contributed by atoms with Gasteiger partial charge in [-0.2, -0.15) is 0 Å². The van der Waals surface area contributed by atoms with E-state index in [2.05, 4.69) is 15.1 Å². The van der Waals surface area contributed by atoms with Crippen molar-refractivity contribution < 1.29 is 9.21 Å². The van der Waals surface area contributed by atoms with Crippen LogP contribution in [0.15, 0.2) is 22.8 Å². The molecule has 5 heteroatoms. The number of rotatable bonds is 3. The van der Waals surface area contributed by atoms with E-state index in [4.69, 9.17) is 4.42 Å². The first kappa shape index (κ1) is 10.8. The fourth-order valence-electron chi connectivity index (χ4n) is 2.62. The highest BCUT2D eigenvalue weighted by Crippen LogP contribution is 2.14. The second kappa shape index (κ2) is 4.50. The van der Waals surface area contributed by atoms with Crippen LogP contribution in [-0.4, -0.2) is 61.0 Å². The molecule has 3 saturated heterocycles. The zero-order chi connectivity index (χ0) is 11.7. The summed E-state index contributed by atoms with van der Waals surface area (Å²) < 4.78 is 5.06. The van der Waals surface area contributed by atoms with Crippen molar-refractivity contribution in [3.05, 3.63) is 24.2 Å². The Hall–Kier alpha value is -1.33. The molecule has 0 saturated carbocycles. The minimum atomic E-state index is -0.118. The van der Waals surface area contributed by atoms with Crippen LogP contribution in [0.5, 0.6) is 0 Å². The molecule has 3 aliphatic heterocycles. The van der Waals surface area contributed by atoms with E-state index >= 15 is 0 Å². The van der Waals surface area contributed by atoms with E-state index in [1.54, 1.807) is 12.1 Å². The Kier molecular flexibility index (Phi) is 2.86. The van der Waals surface area contributed by atoms with Crippen LogP contribution >= 0.6 is 0 Å². The summed E-state index contributed by atoms with van der Waals surface area (Å²) in [4.78, 5) is 16.6. The van der Waals surface area contributed by atoms with Crippen molar-refractivity contribution in [3.63, 3.8) is 0 Å². The first-order valence-electron chi connectivity index (χ1n) is 6.11. The first-order valence-corrected chi connectivity index (χ1v) is 6.11. The molecule has 4 heterocycles. The molecular formula is C12H17N3O2. The average molecular weight is 235 g/mol. The molecule has 1 N–H and O–H groups in total. The Morgan fingerprint density at radius 2 is 2.24 bits per heavy atom. The maximum atomic E-state index is 11.7. The predicted molar refractivity (Wildman–Crippen MR) is 62.8 cm³/mol. The third-order valence-corrected chi connectivity index (χ3v) is 3.64. The second-order valence-electron chi connectivity index (χ2n) is 4.68. The molecule has 0 aliphatic carbocycles. The van der Waals surface area contributed by atoms with Crippen molar-refractivity contribution in [3.8, 4) is 0 Å². The van der Waals surface area contributed by atoms with Gasteiger partial charge < -0.3 is 9.73 Å². The Balaban J connectivity index is 1.53. The number of carbonyl (C=O) groups excluding carboxylic acids is 1. The predicted octanol–water partition coefficient (Wildman–Crippen LogP) is 0.00920. The summed E-state index contributed by atoms with van der Waals surface area (Å²) >= 11 is 0. The maximum absolute atomic E-state index is 11.7. The molecule has 0 aromatic carbocycles. The van der Waals surface area contributed by atoms with Gasteiger partial charge in [0, 0.05) is 45.3 Å². The monoisotopic (exact) mass is 235 g/mol. The van der Waals surface area contributed by atoms with E-state index in [1.807, 2.05) is 0 Å². The lowest BCUT2D eigenvalue weighted by Crippen LogP contribution is -2.63. The van der Waals surface area contributed by atoms with Crippen molar-refractivity contribution >= 4 is 5.91 Å². The van der Waals surface area contributed by atoms with Gasteiger partial charge in [-0.15, -0.1) is 0 Å². The third-order valence-electron chi connectivity index (χ3n) is 3.64. The van der Waals surface area contributed by atoms with Crippen LogP contribution in [0.2, 0.25) is 0 Å². The van der Waals surface area contributed by atoms with E-state index < -0.39 is 0 Å². The summed E-state index contributed by atoms with van der Waals surface area (Å²) in [6.45, 7) is 6.36. The highest BCUT2D eigenvalue weighted by atomic mass is 16.3. The SMILES string of the molecule is O=C(NCC1CN2CCN1CC2)c1ccco1. The molecule has 1 aromatic heterocycles. The number of piperazine rings is 3. The van der Waals surface area contributed by atoms with Crippen LogP contribution in [-0.2, 0) is 0 Å². The molecule has 5 nitrogen and oxygen atoms in total. The summed E-state index contributed by atoms with van der Waals surface area (Å²) in [7, 11) is 0. The van der Waals surface area contributed by atoms with Crippen LogP contribution < -0.4 is 5.32 Å². The summed E-state index contributed by atoms with van der Waals surface area (Å²) in [5, 5.41) is 2.94. The van der Waals surface area contributed by atoms with E-state index in [-0.39, 0.29) is 5.91 Å². The zero-order valence-electron chi connectivity index (χ0n) is 9.76. The van der Waals surface area contributed by atoms with Crippen molar-refractivity contribution in [2.24, 2.45) is 0 Å². The summed E-state index contributed by atoms with van der Waals surface area (Å²) in [6, 6.07) is 3.87. The standard InChI is InChI=1S/C12H17N3O2/c16-12(11-2-1-7-17-11)13-8-10-9-14-3-5-15(10)6-4-14/h1-2,7,10H,3-6,8-9H2,(H,13,16). The molecule has 0 radical (unpaired) electrons. The van der Waals surface area contributed by atoms with Crippen LogP contribution in [0.3, 0.4) is 0 Å². The lowest BCUT2D eigenvalue weighted by atomic mass is 10.1. The summed E-state index contributed by atoms with van der Waals surface area (Å²) in [6.07, 6.45) is 1.52. The first-order chi connectivity index (χ1) is 8.33. The molecule has 2 bridgehead atoms. The Morgan fingerprint density at radius 3 is 2.82 bits per heavy atom. The molecule has 17 heavy (non-hydrogen) atoms. The van der Waals surface area contributed by atoms with Gasteiger partial charge in [0.2, 0.25) is 0 Å². The van der Waals surface area contributed by atoms with Gasteiger partial charge in [-0.25, -0.2) is 0 Å². The third kappa shape index (κ3) is 2.21. The van der Waals surface area contributed by atoms with Gasteiger partial charge in [0.1, 0.15) is 0 Å². The van der Waals surface area contributed by atoms with E-state index in [9.17, 15) is 4.79 Å². The highest BCUT2D eigenvalue weighted by molar-refractivity contribution is 5.91. The molecule has 1 aromatic rings. The van der Waals surface area contributed by atoms with Gasteiger partial charge in [0.15, 0.2) is 5.76 Å². The van der Waals surface area contributed by atoms with Crippen molar-refractivity contribution in [1.29, 1.82) is 0 Å². The number of amides is 1. The Morgan fingerprint density at radius 1 is 1.41 bits per heavy atom. The van der Waals surface area contributed by atoms with Gasteiger partial charge in [-0.05, 0) is 12.1 Å². The molecule has 1 unspecified atom stereocenters. The molecular weight excluding hydrogens is 218 g/mol. The van der Waals surface area contributed by atoms with E-state index in [0.717, 1.165) is 19.6 Å². The minimum Gasteiger partial charge on any atom is -0.459 e. The van der Waals surface area contributed by atoms with Gasteiger partial charge in [-0.1, -0.05) is 0 Å². The van der Waals surface area contributed by atoms with Crippen LogP contribution in [0.4, 0.5) is 0 Å². The van der Waals surface area contributed by atoms with Gasteiger partial charge in [-0.3, -0.25) is 14.6 Å². The molecule has 92 valence electrons. The lowest BCUT2D eigenvalue weighted by Gasteiger charge is -2.47. The number of hydrogen-bond acceptors (Lipinski definition) is 4. The van der Waals surface area contributed by atoms with E-state index in [1.165, 1.54) is 19.4 Å². The van der Waals surface area contributed by atoms with Crippen LogP contribution in [0.1, 0.15) is 10.6 Å². The lowest BCUT2D eigenvalue weighted by molar-refractivity contribution is 0.0137. The smallest absolute Gasteiger partial charge is 0.287 e. The fraction of sp³-hybridized carbons (Fsp3) is 0.583. The number of nitrogens with one attached hydrogen (secondary N) is 1. The van der Waals surface area contributed by atoms with Crippen molar-refractivity contribution in [2.75, 3.05) is 39.3 Å². The largest absolute Gasteiger partial charge is 0.459 e. The summed E-state index contributed by atoms with van der Waals surface area (Å²) in [5.74, 6) is 0.272. The number of furan rings is 1. The van der Waals surface area contributed by atoms with Gasteiger partial charge >= 0.3 is 0 Å². The van der Waals surface area contributed by atoms with Crippen molar-refractivity contribution in [1.82, 2.24) is 15.1 Å². The summed E-state index contributed by atoms with van der Waals surface area (Å²) in [5.41, 5.74) is 0. The maximum Gasteiger partial charge on any atom is 0.287 e. The number of hydrogen-bond donors (Lipinski definition) is 1. The van der Waals surface area contributed by atoms with Gasteiger partial charge in [0.25, 0.3) is 5.91 Å². The topological polar surface area (TPSA) is 48.7 Å². The van der Waals surface area contributed by atoms with E-state index in [0.29, 0.717) is 18.3 Å². The molecule has 4 rings (SSSR count). The minimum absolute atomic E-state index is 0.118. The zero-order valence-corrected chi connectivity index (χ0v) is 9.76. The molecule has 0 spiro atoms. The Labute approximate surface area is 100 Å². The van der Waals surface area contributed by atoms with Gasteiger partial charge in [0.05, 0.1) is 6.26 Å². The average Bonchev–Trinajstić information content (AvgIpc) is 2.91. The second-order valence-corrected chi connectivity index (χ2v) is 4.68. The normalized spacial score (nSPS) is 31.4. The highest BCUT2D eigenvalue weighted by Gasteiger charge is 2.31. The molecule has 3 fully saturated rings. The van der Waals surface area contributed by atoms with Crippen LogP contribution in [0, 0.1) is 0 Å². The van der Waals surface area contributed by atoms with Crippen LogP contribution in [0.25, 0.3) is 0 Å². The molecule has 1 atom stereocenters. The number of fused-ring (bicyclic) bond motifs is 3. The quantitative estimate of drug-likeness (QED) is 0.802. The molecule has 1 amide bonds. The Bertz CT molecular complexity index is 382. The fourth-order valence-corrected chi connectivity index (χ4v) is 2.62. The molecule has 3 aliphatic rings.